The van der Waals surface area contributed by atoms with Gasteiger partial charge in [0.2, 0.25) is 6.79 Å². The van der Waals surface area contributed by atoms with Crippen molar-refractivity contribution in [1.82, 2.24) is 5.32 Å². The predicted molar refractivity (Wildman–Crippen MR) is 99.7 cm³/mol. The van der Waals surface area contributed by atoms with E-state index < -0.39 is 0 Å². The lowest BCUT2D eigenvalue weighted by atomic mass is 10.1. The number of rotatable bonds is 5. The Morgan fingerprint density at radius 1 is 0.960 bits per heavy atom. The van der Waals surface area contributed by atoms with Crippen LogP contribution in [-0.2, 0) is 13.1 Å². The van der Waals surface area contributed by atoms with Gasteiger partial charge < -0.3 is 19.2 Å². The summed E-state index contributed by atoms with van der Waals surface area (Å²) in [6.45, 7) is 3.79. The Morgan fingerprint density at radius 2 is 1.84 bits per heavy atom. The molecule has 0 radical (unpaired) electrons. The summed E-state index contributed by atoms with van der Waals surface area (Å²) in [7, 11) is 0. The molecule has 4 nitrogen and oxygen atoms in total. The molecule has 2 heterocycles. The Bertz CT molecular complexity index is 904. The molecule has 0 saturated carbocycles. The van der Waals surface area contributed by atoms with Gasteiger partial charge in [0, 0.05) is 16.6 Å². The second kappa shape index (κ2) is 6.94. The molecule has 25 heavy (non-hydrogen) atoms. The number of aryl methyl sites for hydroxylation is 1. The van der Waals surface area contributed by atoms with Gasteiger partial charge in [-0.3, -0.25) is 0 Å². The second-order valence-corrected chi connectivity index (χ2v) is 6.88. The molecule has 1 aliphatic rings. The molecule has 0 atom stereocenters. The van der Waals surface area contributed by atoms with Gasteiger partial charge in [-0.25, -0.2) is 0 Å². The molecule has 0 saturated heterocycles. The lowest BCUT2D eigenvalue weighted by Gasteiger charge is -2.05. The summed E-state index contributed by atoms with van der Waals surface area (Å²) in [6.07, 6.45) is 0. The van der Waals surface area contributed by atoms with Crippen molar-refractivity contribution < 1.29 is 13.9 Å². The molecule has 0 amide bonds. The van der Waals surface area contributed by atoms with Crippen LogP contribution >= 0.6 is 15.9 Å². The van der Waals surface area contributed by atoms with E-state index in [-0.39, 0.29) is 0 Å². The van der Waals surface area contributed by atoms with Crippen molar-refractivity contribution in [2.75, 3.05) is 6.79 Å². The molecular weight excluding hydrogens is 382 g/mol. The molecule has 0 fully saturated rings. The topological polar surface area (TPSA) is 43.6 Å². The predicted octanol–water partition coefficient (Wildman–Crippen LogP) is 5.04. The summed E-state index contributed by atoms with van der Waals surface area (Å²) in [5, 5.41) is 3.40. The Labute approximate surface area is 154 Å². The van der Waals surface area contributed by atoms with Gasteiger partial charge in [0.05, 0.1) is 6.54 Å². The van der Waals surface area contributed by atoms with Gasteiger partial charge in [0.25, 0.3) is 0 Å². The quantitative estimate of drug-likeness (QED) is 0.652. The lowest BCUT2D eigenvalue weighted by Crippen LogP contribution is -2.11. The lowest BCUT2D eigenvalue weighted by molar-refractivity contribution is 0.174. The van der Waals surface area contributed by atoms with E-state index in [1.54, 1.807) is 0 Å². The monoisotopic (exact) mass is 399 g/mol. The third-order valence-corrected chi connectivity index (χ3v) is 5.06. The van der Waals surface area contributed by atoms with Crippen molar-refractivity contribution in [2.45, 2.75) is 20.0 Å². The summed E-state index contributed by atoms with van der Waals surface area (Å²) >= 11 is 3.52. The maximum Gasteiger partial charge on any atom is 0.231 e. The largest absolute Gasteiger partial charge is 0.460 e. The van der Waals surface area contributed by atoms with Crippen molar-refractivity contribution in [3.8, 4) is 22.8 Å². The maximum atomic E-state index is 5.95. The zero-order valence-electron chi connectivity index (χ0n) is 13.8. The van der Waals surface area contributed by atoms with E-state index in [1.807, 2.05) is 36.4 Å². The van der Waals surface area contributed by atoms with Crippen LogP contribution in [0.25, 0.3) is 11.3 Å². The SMILES string of the molecule is Cc1cc(-c2ccc(CNCc3ccc4c(c3)OCO4)o2)ccc1Br. The van der Waals surface area contributed by atoms with Gasteiger partial charge in [0.1, 0.15) is 11.5 Å². The van der Waals surface area contributed by atoms with E-state index in [0.717, 1.165) is 45.2 Å². The standard InChI is InChI=1S/C20H18BrNO3/c1-13-8-15(3-5-17(13)21)18-7-4-16(25-18)11-22-10-14-2-6-19-20(9-14)24-12-23-19/h2-9,22H,10-12H2,1H3. The third kappa shape index (κ3) is 3.57. The average molecular weight is 400 g/mol. The van der Waals surface area contributed by atoms with Crippen molar-refractivity contribution in [1.29, 1.82) is 0 Å². The zero-order chi connectivity index (χ0) is 17.2. The van der Waals surface area contributed by atoms with Crippen LogP contribution in [-0.4, -0.2) is 6.79 Å². The number of nitrogens with one attached hydrogen (secondary N) is 1. The van der Waals surface area contributed by atoms with Crippen LogP contribution in [0.4, 0.5) is 0 Å². The minimum atomic E-state index is 0.302. The fourth-order valence-electron chi connectivity index (χ4n) is 2.81. The fourth-order valence-corrected chi connectivity index (χ4v) is 3.05. The summed E-state index contributed by atoms with van der Waals surface area (Å²) in [6, 6.07) is 16.2. The highest BCUT2D eigenvalue weighted by atomic mass is 79.9. The highest BCUT2D eigenvalue weighted by Crippen LogP contribution is 2.32. The second-order valence-electron chi connectivity index (χ2n) is 6.02. The third-order valence-electron chi connectivity index (χ3n) is 4.17. The summed E-state index contributed by atoms with van der Waals surface area (Å²) in [4.78, 5) is 0. The molecule has 1 aliphatic heterocycles. The van der Waals surface area contributed by atoms with Gasteiger partial charge in [-0.05, 0) is 54.4 Å². The Kier molecular flexibility index (Phi) is 4.51. The molecular formula is C20H18BrNO3. The molecule has 2 aromatic carbocycles. The smallest absolute Gasteiger partial charge is 0.231 e. The van der Waals surface area contributed by atoms with E-state index in [2.05, 4.69) is 40.3 Å². The van der Waals surface area contributed by atoms with E-state index in [9.17, 15) is 0 Å². The molecule has 0 spiro atoms. The molecule has 0 unspecified atom stereocenters. The Balaban J connectivity index is 1.37. The number of hydrogen-bond donors (Lipinski definition) is 1. The van der Waals surface area contributed by atoms with E-state index in [1.165, 1.54) is 5.56 Å². The van der Waals surface area contributed by atoms with Crippen LogP contribution in [0.2, 0.25) is 0 Å². The van der Waals surface area contributed by atoms with E-state index in [0.29, 0.717) is 13.3 Å². The van der Waals surface area contributed by atoms with Crippen LogP contribution in [0, 0.1) is 6.92 Å². The van der Waals surface area contributed by atoms with Crippen LogP contribution in [0.1, 0.15) is 16.9 Å². The highest BCUT2D eigenvalue weighted by Gasteiger charge is 2.13. The maximum absolute atomic E-state index is 5.95. The van der Waals surface area contributed by atoms with Gasteiger partial charge in [0.15, 0.2) is 11.5 Å². The Hall–Kier alpha value is -2.24. The van der Waals surface area contributed by atoms with Crippen molar-refractivity contribution in [3.05, 3.63) is 69.9 Å². The van der Waals surface area contributed by atoms with Crippen LogP contribution in [0.15, 0.2) is 57.4 Å². The normalized spacial score (nSPS) is 12.6. The van der Waals surface area contributed by atoms with Crippen LogP contribution in [0.3, 0.4) is 0 Å². The zero-order valence-corrected chi connectivity index (χ0v) is 15.4. The summed E-state index contributed by atoms with van der Waals surface area (Å²) < 4.78 is 17.8. The molecule has 4 rings (SSSR count). The minimum absolute atomic E-state index is 0.302. The molecule has 0 aliphatic carbocycles. The van der Waals surface area contributed by atoms with Crippen LogP contribution < -0.4 is 14.8 Å². The van der Waals surface area contributed by atoms with Gasteiger partial charge in [-0.1, -0.05) is 28.1 Å². The molecule has 1 aromatic heterocycles. The molecule has 1 N–H and O–H groups in total. The number of benzene rings is 2. The number of furan rings is 1. The van der Waals surface area contributed by atoms with Crippen molar-refractivity contribution in [3.63, 3.8) is 0 Å². The first-order chi connectivity index (χ1) is 12.2. The molecule has 5 heteroatoms. The first kappa shape index (κ1) is 16.2. The fraction of sp³-hybridized carbons (Fsp3) is 0.200. The average Bonchev–Trinajstić information content (AvgIpc) is 3.26. The summed E-state index contributed by atoms with van der Waals surface area (Å²) in [5.41, 5.74) is 3.43. The van der Waals surface area contributed by atoms with Gasteiger partial charge in [-0.2, -0.15) is 0 Å². The van der Waals surface area contributed by atoms with Crippen molar-refractivity contribution in [2.24, 2.45) is 0 Å². The van der Waals surface area contributed by atoms with Crippen molar-refractivity contribution >= 4 is 15.9 Å². The minimum Gasteiger partial charge on any atom is -0.460 e. The van der Waals surface area contributed by atoms with E-state index in [4.69, 9.17) is 13.9 Å². The van der Waals surface area contributed by atoms with Gasteiger partial charge in [-0.15, -0.1) is 0 Å². The number of hydrogen-bond acceptors (Lipinski definition) is 4. The summed E-state index contributed by atoms with van der Waals surface area (Å²) in [5.74, 6) is 3.42. The Morgan fingerprint density at radius 3 is 2.72 bits per heavy atom. The number of halogens is 1. The van der Waals surface area contributed by atoms with Crippen LogP contribution in [0.5, 0.6) is 11.5 Å². The number of fused-ring (bicyclic) bond motifs is 1. The molecule has 3 aromatic rings. The highest BCUT2D eigenvalue weighted by molar-refractivity contribution is 9.10. The van der Waals surface area contributed by atoms with Gasteiger partial charge >= 0.3 is 0 Å². The number of ether oxygens (including phenoxy) is 2. The first-order valence-corrected chi connectivity index (χ1v) is 8.93. The van der Waals surface area contributed by atoms with E-state index >= 15 is 0 Å². The molecule has 128 valence electrons. The molecule has 0 bridgehead atoms. The first-order valence-electron chi connectivity index (χ1n) is 8.13.